The summed E-state index contributed by atoms with van der Waals surface area (Å²) in [4.78, 5) is 26.1. The van der Waals surface area contributed by atoms with Gasteiger partial charge in [0.2, 0.25) is 0 Å². The van der Waals surface area contributed by atoms with Gasteiger partial charge in [-0.3, -0.25) is 4.79 Å². The second kappa shape index (κ2) is 4.91. The first-order valence-corrected chi connectivity index (χ1v) is 6.00. The summed E-state index contributed by atoms with van der Waals surface area (Å²) in [7, 11) is 2.04. The molecular formula is C11H19N3O3. The standard InChI is InChI=1S/C11H19N3O3/c1-13-3-2-9(7-13)12-11(17)14-5-8(6-14)4-10(15)16/h8-9H,2-7H2,1H3,(H,12,17)(H,15,16). The summed E-state index contributed by atoms with van der Waals surface area (Å²) in [5.41, 5.74) is 0. The molecule has 0 bridgehead atoms. The lowest BCUT2D eigenvalue weighted by atomic mass is 9.97. The van der Waals surface area contributed by atoms with Crippen LogP contribution in [0, 0.1) is 5.92 Å². The molecule has 2 aliphatic rings. The van der Waals surface area contributed by atoms with Gasteiger partial charge in [-0.1, -0.05) is 0 Å². The molecule has 0 radical (unpaired) electrons. The fourth-order valence-electron chi connectivity index (χ4n) is 2.43. The van der Waals surface area contributed by atoms with Crippen LogP contribution in [0.15, 0.2) is 0 Å². The molecule has 1 atom stereocenters. The molecule has 2 fully saturated rings. The molecule has 0 aromatic carbocycles. The van der Waals surface area contributed by atoms with Crippen molar-refractivity contribution in [2.24, 2.45) is 5.92 Å². The molecular weight excluding hydrogens is 222 g/mol. The first kappa shape index (κ1) is 12.2. The third-order valence-electron chi connectivity index (χ3n) is 3.43. The zero-order valence-corrected chi connectivity index (χ0v) is 10.1. The average molecular weight is 241 g/mol. The van der Waals surface area contributed by atoms with E-state index in [0.29, 0.717) is 13.1 Å². The average Bonchev–Trinajstić information content (AvgIpc) is 2.56. The number of hydrogen-bond donors (Lipinski definition) is 2. The second-order valence-electron chi connectivity index (χ2n) is 5.07. The van der Waals surface area contributed by atoms with Gasteiger partial charge in [-0.15, -0.1) is 0 Å². The summed E-state index contributed by atoms with van der Waals surface area (Å²) in [6, 6.07) is 0.193. The number of amides is 2. The molecule has 6 heteroatoms. The van der Waals surface area contributed by atoms with Gasteiger partial charge in [-0.2, -0.15) is 0 Å². The Labute approximate surface area is 101 Å². The van der Waals surface area contributed by atoms with Gasteiger partial charge in [-0.25, -0.2) is 4.79 Å². The number of likely N-dealkylation sites (tertiary alicyclic amines) is 2. The van der Waals surface area contributed by atoms with Crippen LogP contribution in [0.3, 0.4) is 0 Å². The van der Waals surface area contributed by atoms with Gasteiger partial charge in [-0.05, 0) is 20.0 Å². The monoisotopic (exact) mass is 241 g/mol. The SMILES string of the molecule is CN1CCC(NC(=O)N2CC(CC(=O)O)C2)C1. The van der Waals surface area contributed by atoms with Crippen molar-refractivity contribution in [2.75, 3.05) is 33.2 Å². The molecule has 17 heavy (non-hydrogen) atoms. The summed E-state index contributed by atoms with van der Waals surface area (Å²) >= 11 is 0. The molecule has 0 aliphatic carbocycles. The van der Waals surface area contributed by atoms with Crippen LogP contribution >= 0.6 is 0 Å². The predicted molar refractivity (Wildman–Crippen MR) is 61.7 cm³/mol. The van der Waals surface area contributed by atoms with Crippen LogP contribution in [-0.2, 0) is 4.79 Å². The van der Waals surface area contributed by atoms with Gasteiger partial charge in [0.25, 0.3) is 0 Å². The van der Waals surface area contributed by atoms with E-state index in [1.165, 1.54) is 0 Å². The highest BCUT2D eigenvalue weighted by atomic mass is 16.4. The highest BCUT2D eigenvalue weighted by Crippen LogP contribution is 2.19. The fourth-order valence-corrected chi connectivity index (χ4v) is 2.43. The quantitative estimate of drug-likeness (QED) is 0.718. The third-order valence-corrected chi connectivity index (χ3v) is 3.43. The van der Waals surface area contributed by atoms with Gasteiger partial charge in [0.1, 0.15) is 0 Å². The topological polar surface area (TPSA) is 72.9 Å². The summed E-state index contributed by atoms with van der Waals surface area (Å²) in [5.74, 6) is -0.656. The Morgan fingerprint density at radius 2 is 2.06 bits per heavy atom. The minimum atomic E-state index is -0.785. The molecule has 0 aromatic rings. The van der Waals surface area contributed by atoms with E-state index in [-0.39, 0.29) is 24.4 Å². The smallest absolute Gasteiger partial charge is 0.317 e. The number of carboxylic acids is 1. The van der Waals surface area contributed by atoms with Crippen molar-refractivity contribution in [2.45, 2.75) is 18.9 Å². The Hall–Kier alpha value is -1.30. The predicted octanol–water partition coefficient (Wildman–Crippen LogP) is -0.193. The van der Waals surface area contributed by atoms with Gasteiger partial charge in [0.05, 0.1) is 6.42 Å². The van der Waals surface area contributed by atoms with E-state index >= 15 is 0 Å². The van der Waals surface area contributed by atoms with Crippen LogP contribution in [0.5, 0.6) is 0 Å². The Balaban J connectivity index is 1.67. The lowest BCUT2D eigenvalue weighted by Gasteiger charge is -2.39. The van der Waals surface area contributed by atoms with Crippen molar-refractivity contribution < 1.29 is 14.7 Å². The third kappa shape index (κ3) is 3.09. The highest BCUT2D eigenvalue weighted by Gasteiger charge is 2.33. The van der Waals surface area contributed by atoms with Gasteiger partial charge < -0.3 is 20.2 Å². The maximum absolute atomic E-state index is 11.8. The molecule has 1 unspecified atom stereocenters. The summed E-state index contributed by atoms with van der Waals surface area (Å²) in [6.45, 7) is 3.06. The number of rotatable bonds is 3. The van der Waals surface area contributed by atoms with E-state index in [1.807, 2.05) is 7.05 Å². The number of carboxylic acid groups (broad SMARTS) is 1. The van der Waals surface area contributed by atoms with Crippen molar-refractivity contribution in [1.29, 1.82) is 0 Å². The molecule has 0 aromatic heterocycles. The zero-order valence-electron chi connectivity index (χ0n) is 10.1. The van der Waals surface area contributed by atoms with Crippen LogP contribution in [0.25, 0.3) is 0 Å². The van der Waals surface area contributed by atoms with E-state index in [9.17, 15) is 9.59 Å². The Bertz CT molecular complexity index is 315. The maximum atomic E-state index is 11.8. The van der Waals surface area contributed by atoms with Gasteiger partial charge >= 0.3 is 12.0 Å². The van der Waals surface area contributed by atoms with E-state index in [2.05, 4.69) is 10.2 Å². The van der Waals surface area contributed by atoms with Crippen LogP contribution in [0.1, 0.15) is 12.8 Å². The number of aliphatic carboxylic acids is 1. The Kier molecular flexibility index (Phi) is 3.51. The molecule has 0 spiro atoms. The maximum Gasteiger partial charge on any atom is 0.317 e. The molecule has 96 valence electrons. The lowest BCUT2D eigenvalue weighted by Crippen LogP contribution is -2.56. The molecule has 0 saturated carbocycles. The van der Waals surface area contributed by atoms with Gasteiger partial charge in [0.15, 0.2) is 0 Å². The van der Waals surface area contributed by atoms with Gasteiger partial charge in [0, 0.05) is 31.6 Å². The number of urea groups is 1. The number of nitrogens with zero attached hydrogens (tertiary/aromatic N) is 2. The highest BCUT2D eigenvalue weighted by molar-refractivity contribution is 5.76. The fraction of sp³-hybridized carbons (Fsp3) is 0.818. The summed E-state index contributed by atoms with van der Waals surface area (Å²) in [5, 5.41) is 11.6. The van der Waals surface area contributed by atoms with Crippen molar-refractivity contribution in [3.63, 3.8) is 0 Å². The normalized spacial score (nSPS) is 25.7. The largest absolute Gasteiger partial charge is 0.481 e. The van der Waals surface area contributed by atoms with E-state index in [4.69, 9.17) is 5.11 Å². The minimum absolute atomic E-state index is 0.0491. The van der Waals surface area contributed by atoms with Crippen molar-refractivity contribution in [3.8, 4) is 0 Å². The van der Waals surface area contributed by atoms with Crippen LogP contribution in [0.4, 0.5) is 4.79 Å². The summed E-state index contributed by atoms with van der Waals surface area (Å²) in [6.07, 6.45) is 1.16. The number of hydrogen-bond acceptors (Lipinski definition) is 3. The molecule has 2 rings (SSSR count). The molecule has 2 N–H and O–H groups in total. The number of carbonyl (C=O) groups is 2. The molecule has 2 heterocycles. The first-order valence-electron chi connectivity index (χ1n) is 6.00. The van der Waals surface area contributed by atoms with Crippen LogP contribution < -0.4 is 5.32 Å². The Morgan fingerprint density at radius 1 is 1.35 bits per heavy atom. The minimum Gasteiger partial charge on any atom is -0.481 e. The first-order chi connectivity index (χ1) is 8.04. The second-order valence-corrected chi connectivity index (χ2v) is 5.07. The van der Waals surface area contributed by atoms with E-state index in [0.717, 1.165) is 19.5 Å². The van der Waals surface area contributed by atoms with E-state index < -0.39 is 5.97 Å². The van der Waals surface area contributed by atoms with Crippen molar-refractivity contribution in [3.05, 3.63) is 0 Å². The number of carbonyl (C=O) groups excluding carboxylic acids is 1. The molecule has 6 nitrogen and oxygen atoms in total. The molecule has 2 aliphatic heterocycles. The van der Waals surface area contributed by atoms with Crippen LogP contribution in [-0.4, -0.2) is 66.2 Å². The Morgan fingerprint density at radius 3 is 2.59 bits per heavy atom. The van der Waals surface area contributed by atoms with E-state index in [1.54, 1.807) is 4.90 Å². The van der Waals surface area contributed by atoms with Crippen molar-refractivity contribution >= 4 is 12.0 Å². The molecule has 2 saturated heterocycles. The lowest BCUT2D eigenvalue weighted by molar-refractivity contribution is -0.139. The molecule has 2 amide bonds. The number of likely N-dealkylation sites (N-methyl/N-ethyl adjacent to an activating group) is 1. The summed E-state index contributed by atoms with van der Waals surface area (Å²) < 4.78 is 0. The number of nitrogens with one attached hydrogen (secondary N) is 1. The van der Waals surface area contributed by atoms with Crippen LogP contribution in [0.2, 0.25) is 0 Å². The zero-order chi connectivity index (χ0) is 12.4. The van der Waals surface area contributed by atoms with Crippen molar-refractivity contribution in [1.82, 2.24) is 15.1 Å².